The number of methoxy groups -OCH3 is 1. The van der Waals surface area contributed by atoms with E-state index in [1.54, 1.807) is 31.4 Å². The second-order valence-electron chi connectivity index (χ2n) is 9.18. The molecule has 0 bridgehead atoms. The number of para-hydroxylation sites is 1. The molecule has 1 N–H and O–H groups in total. The third kappa shape index (κ3) is 4.27. The standard InChI is InChI=1S/C28H28N2O3/c1-18-10-16-21(17-11-18)30-26(31)24(22-8-6-7-9-23(22)33-5)25(27(30)32)29-20-14-12-19(13-15-20)28(2,3)4/h6-17,29H,1-5H3. The van der Waals surface area contributed by atoms with E-state index in [1.807, 2.05) is 55.5 Å². The van der Waals surface area contributed by atoms with E-state index in [9.17, 15) is 9.59 Å². The van der Waals surface area contributed by atoms with Crippen LogP contribution in [0.2, 0.25) is 0 Å². The van der Waals surface area contributed by atoms with Crippen LogP contribution >= 0.6 is 0 Å². The molecule has 168 valence electrons. The molecule has 1 aliphatic rings. The van der Waals surface area contributed by atoms with Crippen LogP contribution in [0.3, 0.4) is 0 Å². The summed E-state index contributed by atoms with van der Waals surface area (Å²) in [7, 11) is 1.55. The fraction of sp³-hybridized carbons (Fsp3) is 0.214. The summed E-state index contributed by atoms with van der Waals surface area (Å²) >= 11 is 0. The topological polar surface area (TPSA) is 58.6 Å². The molecule has 0 spiro atoms. The molecular formula is C28H28N2O3. The van der Waals surface area contributed by atoms with Gasteiger partial charge in [-0.15, -0.1) is 0 Å². The molecule has 33 heavy (non-hydrogen) atoms. The van der Waals surface area contributed by atoms with Crippen LogP contribution in [0.25, 0.3) is 5.57 Å². The van der Waals surface area contributed by atoms with Gasteiger partial charge in [-0.1, -0.05) is 68.8 Å². The highest BCUT2D eigenvalue weighted by Crippen LogP contribution is 2.37. The van der Waals surface area contributed by atoms with Gasteiger partial charge < -0.3 is 10.1 Å². The van der Waals surface area contributed by atoms with Crippen LogP contribution in [0.15, 0.2) is 78.5 Å². The molecule has 1 aliphatic heterocycles. The number of amides is 2. The van der Waals surface area contributed by atoms with E-state index in [2.05, 4.69) is 26.1 Å². The molecule has 0 saturated carbocycles. The summed E-state index contributed by atoms with van der Waals surface area (Å²) in [5.74, 6) is -0.256. The maximum atomic E-state index is 13.6. The largest absolute Gasteiger partial charge is 0.496 e. The average Bonchev–Trinajstić information content (AvgIpc) is 3.03. The molecule has 0 unspecified atom stereocenters. The van der Waals surface area contributed by atoms with Gasteiger partial charge in [-0.25, -0.2) is 4.90 Å². The molecule has 4 rings (SSSR count). The van der Waals surface area contributed by atoms with Gasteiger partial charge in [0.15, 0.2) is 0 Å². The summed E-state index contributed by atoms with van der Waals surface area (Å²) in [4.78, 5) is 28.4. The number of nitrogens with zero attached hydrogens (tertiary/aromatic N) is 1. The minimum absolute atomic E-state index is 0.0156. The fourth-order valence-corrected chi connectivity index (χ4v) is 3.87. The van der Waals surface area contributed by atoms with Gasteiger partial charge in [0, 0.05) is 11.3 Å². The molecule has 3 aromatic rings. The molecule has 2 amide bonds. The number of hydrogen-bond acceptors (Lipinski definition) is 4. The van der Waals surface area contributed by atoms with Crippen molar-refractivity contribution in [2.75, 3.05) is 17.3 Å². The fourth-order valence-electron chi connectivity index (χ4n) is 3.87. The Hall–Kier alpha value is -3.86. The molecule has 0 radical (unpaired) electrons. The molecule has 1 heterocycles. The lowest BCUT2D eigenvalue weighted by atomic mass is 9.87. The summed E-state index contributed by atoms with van der Waals surface area (Å²) < 4.78 is 5.51. The number of ether oxygens (including phenoxy) is 1. The normalized spacial score (nSPS) is 14.2. The van der Waals surface area contributed by atoms with E-state index in [4.69, 9.17) is 4.74 Å². The maximum absolute atomic E-state index is 13.6. The summed E-state index contributed by atoms with van der Waals surface area (Å²) in [6, 6.07) is 22.5. The summed E-state index contributed by atoms with van der Waals surface area (Å²) in [5.41, 5.74) is 4.60. The number of benzene rings is 3. The van der Waals surface area contributed by atoms with Gasteiger partial charge in [-0.3, -0.25) is 9.59 Å². The van der Waals surface area contributed by atoms with E-state index >= 15 is 0 Å². The van der Waals surface area contributed by atoms with Crippen molar-refractivity contribution >= 4 is 28.8 Å². The van der Waals surface area contributed by atoms with Crippen LogP contribution < -0.4 is 15.0 Å². The number of carbonyl (C=O) groups excluding carboxylic acids is 2. The van der Waals surface area contributed by atoms with Gasteiger partial charge in [-0.2, -0.15) is 0 Å². The highest BCUT2D eigenvalue weighted by Gasteiger charge is 2.41. The van der Waals surface area contributed by atoms with Crippen LogP contribution in [-0.4, -0.2) is 18.9 Å². The highest BCUT2D eigenvalue weighted by atomic mass is 16.5. The van der Waals surface area contributed by atoms with Gasteiger partial charge in [-0.05, 0) is 48.2 Å². The Balaban J connectivity index is 1.81. The van der Waals surface area contributed by atoms with Crippen molar-refractivity contribution in [3.8, 4) is 5.75 Å². The Kier molecular flexibility index (Phi) is 5.81. The van der Waals surface area contributed by atoms with Crippen LogP contribution in [-0.2, 0) is 15.0 Å². The monoisotopic (exact) mass is 440 g/mol. The van der Waals surface area contributed by atoms with Crippen molar-refractivity contribution in [3.63, 3.8) is 0 Å². The quantitative estimate of drug-likeness (QED) is 0.517. The third-order valence-corrected chi connectivity index (χ3v) is 5.77. The molecular weight excluding hydrogens is 412 g/mol. The number of aryl methyl sites for hydroxylation is 1. The number of imide groups is 1. The van der Waals surface area contributed by atoms with E-state index in [0.717, 1.165) is 11.3 Å². The van der Waals surface area contributed by atoms with Crippen molar-refractivity contribution in [1.29, 1.82) is 0 Å². The molecule has 5 heteroatoms. The van der Waals surface area contributed by atoms with Gasteiger partial charge in [0.05, 0.1) is 18.4 Å². The lowest BCUT2D eigenvalue weighted by Crippen LogP contribution is -2.32. The Bertz CT molecular complexity index is 1230. The Morgan fingerprint density at radius 1 is 0.818 bits per heavy atom. The number of carbonyl (C=O) groups is 2. The number of nitrogens with one attached hydrogen (secondary N) is 1. The second-order valence-corrected chi connectivity index (χ2v) is 9.18. The van der Waals surface area contributed by atoms with Crippen molar-refractivity contribution in [3.05, 3.63) is 95.2 Å². The SMILES string of the molecule is COc1ccccc1C1=C(Nc2ccc(C(C)(C)C)cc2)C(=O)N(c2ccc(C)cc2)C1=O. The molecule has 3 aromatic carbocycles. The molecule has 5 nitrogen and oxygen atoms in total. The first-order valence-corrected chi connectivity index (χ1v) is 10.9. The van der Waals surface area contributed by atoms with E-state index in [-0.39, 0.29) is 22.6 Å². The van der Waals surface area contributed by atoms with Crippen LogP contribution in [0.5, 0.6) is 5.75 Å². The predicted octanol–water partition coefficient (Wildman–Crippen LogP) is 5.70. The Labute approximate surface area is 194 Å². The summed E-state index contributed by atoms with van der Waals surface area (Å²) in [6.07, 6.45) is 0. The van der Waals surface area contributed by atoms with Crippen LogP contribution in [0, 0.1) is 6.92 Å². The zero-order valence-corrected chi connectivity index (χ0v) is 19.6. The maximum Gasteiger partial charge on any atom is 0.282 e. The Morgan fingerprint density at radius 2 is 1.45 bits per heavy atom. The van der Waals surface area contributed by atoms with Crippen molar-refractivity contribution in [2.45, 2.75) is 33.1 Å². The minimum Gasteiger partial charge on any atom is -0.496 e. The van der Waals surface area contributed by atoms with E-state index in [1.165, 1.54) is 10.5 Å². The van der Waals surface area contributed by atoms with E-state index < -0.39 is 5.91 Å². The summed E-state index contributed by atoms with van der Waals surface area (Å²) in [6.45, 7) is 8.41. The summed E-state index contributed by atoms with van der Waals surface area (Å²) in [5, 5.41) is 3.22. The Morgan fingerprint density at radius 3 is 2.06 bits per heavy atom. The van der Waals surface area contributed by atoms with Crippen LogP contribution in [0.4, 0.5) is 11.4 Å². The number of hydrogen-bond donors (Lipinski definition) is 1. The van der Waals surface area contributed by atoms with Crippen molar-refractivity contribution in [1.82, 2.24) is 0 Å². The first-order valence-electron chi connectivity index (χ1n) is 10.9. The molecule has 0 saturated heterocycles. The zero-order chi connectivity index (χ0) is 23.8. The lowest BCUT2D eigenvalue weighted by Gasteiger charge is -2.19. The molecule has 0 fully saturated rings. The second kappa shape index (κ2) is 8.58. The van der Waals surface area contributed by atoms with Gasteiger partial charge in [0.1, 0.15) is 11.4 Å². The molecule has 0 aromatic heterocycles. The molecule has 0 aliphatic carbocycles. The first-order chi connectivity index (χ1) is 15.7. The van der Waals surface area contributed by atoms with Crippen LogP contribution in [0.1, 0.15) is 37.5 Å². The van der Waals surface area contributed by atoms with Gasteiger partial charge >= 0.3 is 0 Å². The smallest absolute Gasteiger partial charge is 0.282 e. The number of rotatable bonds is 5. The van der Waals surface area contributed by atoms with Gasteiger partial charge in [0.2, 0.25) is 0 Å². The van der Waals surface area contributed by atoms with Gasteiger partial charge in [0.25, 0.3) is 11.8 Å². The predicted molar refractivity (Wildman–Crippen MR) is 132 cm³/mol. The number of anilines is 2. The first kappa shape index (κ1) is 22.3. The van der Waals surface area contributed by atoms with E-state index in [0.29, 0.717) is 17.0 Å². The highest BCUT2D eigenvalue weighted by molar-refractivity contribution is 6.46. The minimum atomic E-state index is -0.398. The van der Waals surface area contributed by atoms with Crippen molar-refractivity contribution < 1.29 is 14.3 Å². The van der Waals surface area contributed by atoms with Crippen molar-refractivity contribution in [2.24, 2.45) is 0 Å². The average molecular weight is 441 g/mol. The molecule has 0 atom stereocenters. The lowest BCUT2D eigenvalue weighted by molar-refractivity contribution is -0.120. The third-order valence-electron chi connectivity index (χ3n) is 5.77. The zero-order valence-electron chi connectivity index (χ0n) is 19.6.